The highest BCUT2D eigenvalue weighted by atomic mass is 32.2. The van der Waals surface area contributed by atoms with E-state index in [2.05, 4.69) is 17.2 Å². The Bertz CT molecular complexity index is 1050. The second-order valence-electron chi connectivity index (χ2n) is 6.57. The van der Waals surface area contributed by atoms with Gasteiger partial charge in [-0.25, -0.2) is 12.7 Å². The third kappa shape index (κ3) is 5.67. The minimum atomic E-state index is -3.53. The maximum atomic E-state index is 12.2. The van der Waals surface area contributed by atoms with Crippen LogP contribution in [0.15, 0.2) is 53.4 Å². The molecule has 152 valence electrons. The number of rotatable bonds is 5. The molecule has 0 aromatic heterocycles. The van der Waals surface area contributed by atoms with E-state index in [1.54, 1.807) is 38.4 Å². The average molecular weight is 413 g/mol. The van der Waals surface area contributed by atoms with E-state index in [0.717, 1.165) is 9.87 Å². The molecule has 0 heterocycles. The summed E-state index contributed by atoms with van der Waals surface area (Å²) in [5.41, 5.74) is 1.65. The monoisotopic (exact) mass is 413 g/mol. The SMILES string of the molecule is CN(C)C(=O)c1ccc(C#CCNC(=O)c2ccc(S(=O)(=O)N(C)C)cc2)cc1. The van der Waals surface area contributed by atoms with Crippen molar-refractivity contribution >= 4 is 21.8 Å². The molecule has 0 aliphatic rings. The van der Waals surface area contributed by atoms with Gasteiger partial charge in [-0.2, -0.15) is 0 Å². The van der Waals surface area contributed by atoms with Gasteiger partial charge in [-0.15, -0.1) is 0 Å². The van der Waals surface area contributed by atoms with Crippen LogP contribution in [0, 0.1) is 11.8 Å². The van der Waals surface area contributed by atoms with Crippen molar-refractivity contribution in [3.05, 3.63) is 65.2 Å². The highest BCUT2D eigenvalue weighted by molar-refractivity contribution is 7.89. The largest absolute Gasteiger partial charge is 0.345 e. The minimum absolute atomic E-state index is 0.0822. The van der Waals surface area contributed by atoms with Crippen LogP contribution < -0.4 is 5.32 Å². The molecule has 0 saturated heterocycles. The van der Waals surface area contributed by atoms with E-state index in [1.165, 1.54) is 43.3 Å². The number of nitrogens with zero attached hydrogens (tertiary/aromatic N) is 2. The predicted octanol–water partition coefficient (Wildman–Crippen LogP) is 1.42. The molecule has 0 bridgehead atoms. The van der Waals surface area contributed by atoms with Crippen molar-refractivity contribution in [2.75, 3.05) is 34.7 Å². The predicted molar refractivity (Wildman–Crippen MR) is 111 cm³/mol. The van der Waals surface area contributed by atoms with Gasteiger partial charge in [0, 0.05) is 44.9 Å². The van der Waals surface area contributed by atoms with Gasteiger partial charge >= 0.3 is 0 Å². The fourth-order valence-corrected chi connectivity index (χ4v) is 3.22. The molecular formula is C21H23N3O4S. The van der Waals surface area contributed by atoms with E-state index >= 15 is 0 Å². The Morgan fingerprint density at radius 2 is 1.45 bits per heavy atom. The first-order valence-electron chi connectivity index (χ1n) is 8.74. The molecule has 0 aliphatic carbocycles. The van der Waals surface area contributed by atoms with Gasteiger partial charge in [0.15, 0.2) is 0 Å². The molecule has 0 fully saturated rings. The third-order valence-corrected chi connectivity index (χ3v) is 5.83. The standard InChI is InChI=1S/C21H23N3O4S/c1-23(2)21(26)18-9-7-16(8-10-18)6-5-15-22-20(25)17-11-13-19(14-12-17)29(27,28)24(3)4/h7-14H,15H2,1-4H3,(H,22,25). The normalized spacial score (nSPS) is 10.8. The summed E-state index contributed by atoms with van der Waals surface area (Å²) in [4.78, 5) is 25.6. The summed E-state index contributed by atoms with van der Waals surface area (Å²) in [5.74, 6) is 5.33. The molecule has 29 heavy (non-hydrogen) atoms. The van der Waals surface area contributed by atoms with E-state index < -0.39 is 10.0 Å². The zero-order chi connectivity index (χ0) is 21.6. The van der Waals surface area contributed by atoms with Gasteiger partial charge in [0.1, 0.15) is 0 Å². The Hall–Kier alpha value is -3.15. The number of benzene rings is 2. The summed E-state index contributed by atoms with van der Waals surface area (Å²) in [5, 5.41) is 2.66. The van der Waals surface area contributed by atoms with E-state index in [9.17, 15) is 18.0 Å². The van der Waals surface area contributed by atoms with Gasteiger partial charge < -0.3 is 10.2 Å². The van der Waals surface area contributed by atoms with Crippen LogP contribution in [-0.2, 0) is 10.0 Å². The van der Waals surface area contributed by atoms with Crippen molar-refractivity contribution in [3.63, 3.8) is 0 Å². The third-order valence-electron chi connectivity index (χ3n) is 4.00. The molecule has 0 atom stereocenters. The lowest BCUT2D eigenvalue weighted by Gasteiger charge is -2.11. The lowest BCUT2D eigenvalue weighted by atomic mass is 10.1. The molecule has 2 aromatic rings. The van der Waals surface area contributed by atoms with Crippen LogP contribution in [0.5, 0.6) is 0 Å². The summed E-state index contributed by atoms with van der Waals surface area (Å²) in [6.07, 6.45) is 0. The average Bonchev–Trinajstić information content (AvgIpc) is 2.70. The molecule has 2 aromatic carbocycles. The lowest BCUT2D eigenvalue weighted by molar-refractivity contribution is 0.0827. The van der Waals surface area contributed by atoms with Gasteiger partial charge in [-0.1, -0.05) is 11.8 Å². The molecule has 2 amide bonds. The molecule has 0 unspecified atom stereocenters. The summed E-state index contributed by atoms with van der Waals surface area (Å²) >= 11 is 0. The zero-order valence-corrected chi connectivity index (χ0v) is 17.6. The van der Waals surface area contributed by atoms with Gasteiger partial charge in [0.25, 0.3) is 11.8 Å². The van der Waals surface area contributed by atoms with E-state index in [1.807, 2.05) is 0 Å². The summed E-state index contributed by atoms with van der Waals surface area (Å²) in [7, 11) is 2.74. The van der Waals surface area contributed by atoms with Gasteiger partial charge in [-0.05, 0) is 48.5 Å². The summed E-state index contributed by atoms with van der Waals surface area (Å²) < 4.78 is 25.2. The van der Waals surface area contributed by atoms with Crippen molar-refractivity contribution in [3.8, 4) is 11.8 Å². The summed E-state index contributed by atoms with van der Waals surface area (Å²) in [6.45, 7) is 0.134. The number of carbonyl (C=O) groups excluding carboxylic acids is 2. The van der Waals surface area contributed by atoms with Crippen LogP contribution in [-0.4, -0.2) is 64.2 Å². The highest BCUT2D eigenvalue weighted by Crippen LogP contribution is 2.14. The van der Waals surface area contributed by atoms with Crippen molar-refractivity contribution in [1.82, 2.24) is 14.5 Å². The number of hydrogen-bond acceptors (Lipinski definition) is 4. The van der Waals surface area contributed by atoms with Crippen LogP contribution in [0.25, 0.3) is 0 Å². The molecule has 0 saturated carbocycles. The van der Waals surface area contributed by atoms with Crippen molar-refractivity contribution < 1.29 is 18.0 Å². The quantitative estimate of drug-likeness (QED) is 0.751. The Morgan fingerprint density at radius 3 is 1.97 bits per heavy atom. The molecule has 0 radical (unpaired) electrons. The first-order chi connectivity index (χ1) is 13.6. The Balaban J connectivity index is 1.95. The van der Waals surface area contributed by atoms with Gasteiger partial charge in [-0.3, -0.25) is 9.59 Å². The second-order valence-corrected chi connectivity index (χ2v) is 8.73. The van der Waals surface area contributed by atoms with Crippen molar-refractivity contribution in [2.24, 2.45) is 0 Å². The van der Waals surface area contributed by atoms with Gasteiger partial charge in [0.05, 0.1) is 11.4 Å². The first kappa shape index (κ1) is 22.1. The van der Waals surface area contributed by atoms with Crippen LogP contribution in [0.3, 0.4) is 0 Å². The number of sulfonamides is 1. The maximum Gasteiger partial charge on any atom is 0.253 e. The van der Waals surface area contributed by atoms with Crippen LogP contribution in [0.1, 0.15) is 26.3 Å². The lowest BCUT2D eigenvalue weighted by Crippen LogP contribution is -2.24. The molecule has 0 spiro atoms. The molecule has 1 N–H and O–H groups in total. The van der Waals surface area contributed by atoms with E-state index in [4.69, 9.17) is 0 Å². The number of hydrogen-bond donors (Lipinski definition) is 1. The van der Waals surface area contributed by atoms with Crippen molar-refractivity contribution in [2.45, 2.75) is 4.90 Å². The Kier molecular flexibility index (Phi) is 7.15. The number of carbonyl (C=O) groups is 2. The maximum absolute atomic E-state index is 12.2. The number of nitrogens with one attached hydrogen (secondary N) is 1. The smallest absolute Gasteiger partial charge is 0.253 e. The molecule has 0 aliphatic heterocycles. The Labute approximate surface area is 171 Å². The fourth-order valence-electron chi connectivity index (χ4n) is 2.32. The molecule has 2 rings (SSSR count). The Morgan fingerprint density at radius 1 is 0.897 bits per heavy atom. The van der Waals surface area contributed by atoms with Crippen molar-refractivity contribution in [1.29, 1.82) is 0 Å². The molecule has 8 heteroatoms. The summed E-state index contributed by atoms with van der Waals surface area (Å²) in [6, 6.07) is 12.6. The second kappa shape index (κ2) is 9.37. The first-order valence-corrected chi connectivity index (χ1v) is 10.2. The van der Waals surface area contributed by atoms with E-state index in [0.29, 0.717) is 11.1 Å². The van der Waals surface area contributed by atoms with Crippen LogP contribution in [0.2, 0.25) is 0 Å². The van der Waals surface area contributed by atoms with E-state index in [-0.39, 0.29) is 23.3 Å². The molecule has 7 nitrogen and oxygen atoms in total. The van der Waals surface area contributed by atoms with Crippen LogP contribution in [0.4, 0.5) is 0 Å². The topological polar surface area (TPSA) is 86.8 Å². The zero-order valence-electron chi connectivity index (χ0n) is 16.8. The van der Waals surface area contributed by atoms with Gasteiger partial charge in [0.2, 0.25) is 10.0 Å². The highest BCUT2D eigenvalue weighted by Gasteiger charge is 2.17. The minimum Gasteiger partial charge on any atom is -0.345 e. The fraction of sp³-hybridized carbons (Fsp3) is 0.238. The number of amides is 2. The van der Waals surface area contributed by atoms with Crippen LogP contribution >= 0.6 is 0 Å². The molecular weight excluding hydrogens is 390 g/mol.